The van der Waals surface area contributed by atoms with Crippen molar-refractivity contribution in [3.8, 4) is 17.2 Å². The Morgan fingerprint density at radius 2 is 1.74 bits per heavy atom. The van der Waals surface area contributed by atoms with Crippen molar-refractivity contribution in [3.63, 3.8) is 0 Å². The number of aryl methyl sites for hydroxylation is 2. The van der Waals surface area contributed by atoms with Gasteiger partial charge in [0.2, 0.25) is 6.79 Å². The summed E-state index contributed by atoms with van der Waals surface area (Å²) in [5.74, 6) is 0.948. The molecule has 2 heterocycles. The van der Waals surface area contributed by atoms with Crippen LogP contribution in [0.3, 0.4) is 0 Å². The number of nitrogens with one attached hydrogen (secondary N) is 1. The summed E-state index contributed by atoms with van der Waals surface area (Å²) in [6.45, 7) is 7.47. The summed E-state index contributed by atoms with van der Waals surface area (Å²) < 4.78 is 57.2. The lowest BCUT2D eigenvalue weighted by Gasteiger charge is -2.49. The zero-order chi connectivity index (χ0) is 27.0. The van der Waals surface area contributed by atoms with Crippen molar-refractivity contribution < 1.29 is 27.8 Å². The quantitative estimate of drug-likeness (QED) is 0.301. The van der Waals surface area contributed by atoms with Gasteiger partial charge in [-0.25, -0.2) is 0 Å². The summed E-state index contributed by atoms with van der Waals surface area (Å²) in [5, 5.41) is 15.3. The summed E-state index contributed by atoms with van der Waals surface area (Å²) in [6.07, 6.45) is -3.50. The number of halogens is 3. The highest BCUT2D eigenvalue weighted by molar-refractivity contribution is 5.93. The number of hydrogen-bond acceptors (Lipinski definition) is 4. The molecule has 5 nitrogen and oxygen atoms in total. The predicted octanol–water partition coefficient (Wildman–Crippen LogP) is 7.10. The highest BCUT2D eigenvalue weighted by Crippen LogP contribution is 2.58. The second kappa shape index (κ2) is 8.17. The number of benzene rings is 3. The molecule has 3 aromatic carbocycles. The van der Waals surface area contributed by atoms with Gasteiger partial charge in [0.1, 0.15) is 0 Å². The van der Waals surface area contributed by atoms with E-state index in [-0.39, 0.29) is 6.79 Å². The molecule has 0 saturated carbocycles. The van der Waals surface area contributed by atoms with Crippen LogP contribution in [-0.2, 0) is 5.41 Å². The highest BCUT2D eigenvalue weighted by Gasteiger charge is 2.64. The van der Waals surface area contributed by atoms with Crippen LogP contribution in [0, 0.1) is 13.8 Å². The van der Waals surface area contributed by atoms with Crippen molar-refractivity contribution in [1.82, 2.24) is 4.57 Å². The van der Waals surface area contributed by atoms with Gasteiger partial charge in [0.15, 0.2) is 17.1 Å². The third-order valence-electron chi connectivity index (χ3n) is 7.76. The van der Waals surface area contributed by atoms with Crippen molar-refractivity contribution in [2.75, 3.05) is 12.1 Å². The van der Waals surface area contributed by atoms with Gasteiger partial charge < -0.3 is 24.5 Å². The van der Waals surface area contributed by atoms with E-state index in [2.05, 4.69) is 23.5 Å². The fourth-order valence-electron chi connectivity index (χ4n) is 6.27. The number of anilines is 1. The Kier molecular flexibility index (Phi) is 5.31. The van der Waals surface area contributed by atoms with Gasteiger partial charge in [0, 0.05) is 28.5 Å². The van der Waals surface area contributed by atoms with Gasteiger partial charge in [0.05, 0.1) is 11.6 Å². The van der Waals surface area contributed by atoms with Crippen LogP contribution in [0.25, 0.3) is 16.6 Å². The summed E-state index contributed by atoms with van der Waals surface area (Å²) >= 11 is 0. The Labute approximate surface area is 218 Å². The van der Waals surface area contributed by atoms with E-state index in [1.165, 1.54) is 0 Å². The summed E-state index contributed by atoms with van der Waals surface area (Å²) in [5.41, 5.74) is 1.48. The lowest BCUT2D eigenvalue weighted by Crippen LogP contribution is -2.58. The first-order valence-electron chi connectivity index (χ1n) is 12.6. The van der Waals surface area contributed by atoms with Crippen molar-refractivity contribution in [3.05, 3.63) is 83.0 Å². The second-order valence-electron chi connectivity index (χ2n) is 11.1. The van der Waals surface area contributed by atoms with Gasteiger partial charge in [-0.2, -0.15) is 13.2 Å². The number of rotatable bonds is 3. The third-order valence-corrected chi connectivity index (χ3v) is 7.76. The van der Waals surface area contributed by atoms with Gasteiger partial charge in [-0.15, -0.1) is 0 Å². The third kappa shape index (κ3) is 3.65. The average molecular weight is 523 g/mol. The van der Waals surface area contributed by atoms with Gasteiger partial charge in [-0.1, -0.05) is 32.0 Å². The molecule has 2 N–H and O–H groups in total. The van der Waals surface area contributed by atoms with Crippen LogP contribution < -0.4 is 14.8 Å². The maximum atomic E-state index is 14.7. The molecule has 0 saturated heterocycles. The van der Waals surface area contributed by atoms with E-state index in [4.69, 9.17) is 9.47 Å². The lowest BCUT2D eigenvalue weighted by atomic mass is 9.63. The van der Waals surface area contributed by atoms with Crippen LogP contribution in [0.2, 0.25) is 0 Å². The maximum Gasteiger partial charge on any atom is 0.419 e. The number of ether oxygens (including phenoxy) is 2. The molecular formula is C30H29F3N2O3. The molecule has 1 aliphatic heterocycles. The molecule has 2 atom stereocenters. The van der Waals surface area contributed by atoms with E-state index < -0.39 is 29.7 Å². The molecule has 2 aliphatic rings. The van der Waals surface area contributed by atoms with E-state index in [1.54, 1.807) is 32.0 Å². The van der Waals surface area contributed by atoms with Crippen LogP contribution in [0.4, 0.5) is 18.9 Å². The molecule has 2 unspecified atom stereocenters. The number of aliphatic hydroxyl groups is 1. The van der Waals surface area contributed by atoms with Crippen molar-refractivity contribution in [2.45, 2.75) is 57.3 Å². The summed E-state index contributed by atoms with van der Waals surface area (Å²) in [7, 11) is 0. The largest absolute Gasteiger partial charge is 0.454 e. The van der Waals surface area contributed by atoms with Gasteiger partial charge >= 0.3 is 6.18 Å². The van der Waals surface area contributed by atoms with E-state index in [0.717, 1.165) is 27.7 Å². The van der Waals surface area contributed by atoms with E-state index >= 15 is 0 Å². The Bertz CT molecular complexity index is 1550. The van der Waals surface area contributed by atoms with Gasteiger partial charge in [-0.05, 0) is 78.8 Å². The molecule has 0 radical (unpaired) electrons. The molecule has 0 amide bonds. The fourth-order valence-corrected chi connectivity index (χ4v) is 6.27. The topological polar surface area (TPSA) is 55.7 Å². The van der Waals surface area contributed by atoms with Crippen molar-refractivity contribution in [1.29, 1.82) is 0 Å². The summed E-state index contributed by atoms with van der Waals surface area (Å²) in [4.78, 5) is 0. The number of hydrogen-bond donors (Lipinski definition) is 2. The maximum absolute atomic E-state index is 14.7. The summed E-state index contributed by atoms with van der Waals surface area (Å²) in [6, 6.07) is 15.4. The fraction of sp³-hybridized carbons (Fsp3) is 0.333. The minimum absolute atomic E-state index is 0.00869. The highest BCUT2D eigenvalue weighted by atomic mass is 19.4. The Morgan fingerprint density at radius 3 is 2.45 bits per heavy atom. The normalized spacial score (nSPS) is 21.9. The van der Waals surface area contributed by atoms with E-state index in [0.29, 0.717) is 28.3 Å². The zero-order valence-corrected chi connectivity index (χ0v) is 21.6. The first-order chi connectivity index (χ1) is 17.9. The minimum atomic E-state index is -4.88. The first kappa shape index (κ1) is 24.7. The minimum Gasteiger partial charge on any atom is -0.454 e. The second-order valence-corrected chi connectivity index (χ2v) is 11.1. The zero-order valence-electron chi connectivity index (χ0n) is 21.6. The van der Waals surface area contributed by atoms with Crippen molar-refractivity contribution >= 4 is 16.6 Å². The predicted molar refractivity (Wildman–Crippen MR) is 140 cm³/mol. The van der Waals surface area contributed by atoms with Crippen LogP contribution in [0.1, 0.15) is 48.6 Å². The molecule has 198 valence electrons. The standard InChI is InChI=1S/C30H29F3N2O3/c1-17-12-18(2)14-19(13-17)35-11-10-20-22(6-5-7-23(20)35)34-27-21-8-9-24-26(38-16-37-24)25(21)28(3,4)15-29(27,36)30(31,32)33/h5-14,27,34,36H,15-16H2,1-4H3. The molecule has 0 spiro atoms. The monoisotopic (exact) mass is 522 g/mol. The lowest BCUT2D eigenvalue weighted by molar-refractivity contribution is -0.275. The van der Waals surface area contributed by atoms with Crippen LogP contribution in [-0.4, -0.2) is 28.2 Å². The van der Waals surface area contributed by atoms with E-state index in [1.807, 2.05) is 42.8 Å². The number of nitrogens with zero attached hydrogens (tertiary/aromatic N) is 1. The molecule has 8 heteroatoms. The van der Waals surface area contributed by atoms with Gasteiger partial charge in [0.25, 0.3) is 0 Å². The van der Waals surface area contributed by atoms with Gasteiger partial charge in [-0.3, -0.25) is 0 Å². The Hall–Kier alpha value is -3.65. The Morgan fingerprint density at radius 1 is 1.00 bits per heavy atom. The first-order valence-corrected chi connectivity index (χ1v) is 12.6. The average Bonchev–Trinajstić information content (AvgIpc) is 3.47. The van der Waals surface area contributed by atoms with E-state index in [9.17, 15) is 18.3 Å². The molecule has 0 bridgehead atoms. The van der Waals surface area contributed by atoms with Crippen LogP contribution >= 0.6 is 0 Å². The molecule has 6 rings (SSSR count). The smallest absolute Gasteiger partial charge is 0.419 e. The van der Waals surface area contributed by atoms with Crippen LogP contribution in [0.15, 0.2) is 60.8 Å². The van der Waals surface area contributed by atoms with Crippen LogP contribution in [0.5, 0.6) is 11.5 Å². The molecule has 0 fully saturated rings. The Balaban J connectivity index is 1.51. The molecule has 4 aromatic rings. The van der Waals surface area contributed by atoms with Crippen molar-refractivity contribution in [2.24, 2.45) is 0 Å². The molecule has 38 heavy (non-hydrogen) atoms. The SMILES string of the molecule is Cc1cc(C)cc(-n2ccc3c(NC4c5ccc6c(c5C(C)(C)CC4(O)C(F)(F)F)OCO6)cccc32)c1. The number of alkyl halides is 3. The molecular weight excluding hydrogens is 493 g/mol. The number of fused-ring (bicyclic) bond motifs is 4. The molecule has 1 aromatic heterocycles. The molecule has 1 aliphatic carbocycles. The number of aromatic nitrogens is 1.